The van der Waals surface area contributed by atoms with Crippen molar-refractivity contribution in [3.63, 3.8) is 0 Å². The van der Waals surface area contributed by atoms with Crippen molar-refractivity contribution < 1.29 is 0 Å². The Hall–Kier alpha value is -0.310. The van der Waals surface area contributed by atoms with E-state index in [0.29, 0.717) is 5.03 Å². The number of hydrogen-bond donors (Lipinski definition) is 2. The predicted molar refractivity (Wildman–Crippen MR) is 57.4 cm³/mol. The van der Waals surface area contributed by atoms with Crippen molar-refractivity contribution in [2.24, 2.45) is 16.9 Å². The van der Waals surface area contributed by atoms with E-state index in [1.165, 1.54) is 0 Å². The highest BCUT2D eigenvalue weighted by Crippen LogP contribution is 2.40. The van der Waals surface area contributed by atoms with Crippen LogP contribution in [0.1, 0.15) is 20.8 Å². The third kappa shape index (κ3) is 1.54. The van der Waals surface area contributed by atoms with E-state index in [2.05, 4.69) is 0 Å². The molecule has 1 aliphatic carbocycles. The summed E-state index contributed by atoms with van der Waals surface area (Å²) in [5.74, 6) is 0. The smallest absolute Gasteiger partial charge is 0.0755 e. The molecule has 4 N–H and O–H groups in total. The molecule has 0 aliphatic heterocycles. The molecule has 2 atom stereocenters. The maximum absolute atomic E-state index is 6.25. The van der Waals surface area contributed by atoms with Crippen molar-refractivity contribution in [2.75, 3.05) is 0 Å². The minimum absolute atomic E-state index is 0.148. The summed E-state index contributed by atoms with van der Waals surface area (Å²) in [6.45, 7) is 6.13. The minimum atomic E-state index is -0.649. The van der Waals surface area contributed by atoms with Gasteiger partial charge in [-0.15, -0.1) is 0 Å². The summed E-state index contributed by atoms with van der Waals surface area (Å²) in [4.78, 5) is 0. The van der Waals surface area contributed by atoms with Crippen LogP contribution in [0.5, 0.6) is 0 Å². The molecule has 74 valence electrons. The van der Waals surface area contributed by atoms with Crippen LogP contribution in [-0.4, -0.2) is 11.6 Å². The molecule has 0 spiro atoms. The second kappa shape index (κ2) is 3.12. The topological polar surface area (TPSA) is 52.0 Å². The van der Waals surface area contributed by atoms with E-state index < -0.39 is 5.54 Å². The lowest BCUT2D eigenvalue weighted by atomic mass is 9.68. The predicted octanol–water partition coefficient (Wildman–Crippen LogP) is 1.75. The Balaban J connectivity index is 3.15. The lowest BCUT2D eigenvalue weighted by Crippen LogP contribution is -2.63. The molecule has 0 bridgehead atoms. The monoisotopic (exact) mass is 200 g/mol. The van der Waals surface area contributed by atoms with Gasteiger partial charge in [0, 0.05) is 11.1 Å². The van der Waals surface area contributed by atoms with Gasteiger partial charge in [0.15, 0.2) is 0 Å². The number of allylic oxidation sites excluding steroid dienone is 2. The van der Waals surface area contributed by atoms with Crippen LogP contribution in [0.2, 0.25) is 0 Å². The molecule has 0 radical (unpaired) electrons. The van der Waals surface area contributed by atoms with Gasteiger partial charge >= 0.3 is 0 Å². The van der Waals surface area contributed by atoms with Gasteiger partial charge in [-0.25, -0.2) is 0 Å². The molecule has 0 saturated carbocycles. The molecule has 2 nitrogen and oxygen atoms in total. The lowest BCUT2D eigenvalue weighted by molar-refractivity contribution is 0.215. The lowest BCUT2D eigenvalue weighted by Gasteiger charge is -2.45. The average molecular weight is 201 g/mol. The summed E-state index contributed by atoms with van der Waals surface area (Å²) in [7, 11) is 0. The van der Waals surface area contributed by atoms with Gasteiger partial charge in [0.05, 0.1) is 5.54 Å². The minimum Gasteiger partial charge on any atom is -0.323 e. The van der Waals surface area contributed by atoms with Gasteiger partial charge in [0.25, 0.3) is 0 Å². The van der Waals surface area contributed by atoms with Crippen LogP contribution in [0.15, 0.2) is 23.3 Å². The molecule has 0 aromatic heterocycles. The average Bonchev–Trinajstić information content (AvgIpc) is 1.97. The third-order valence-electron chi connectivity index (χ3n) is 2.72. The molecule has 0 saturated heterocycles. The van der Waals surface area contributed by atoms with Gasteiger partial charge < -0.3 is 11.5 Å². The van der Waals surface area contributed by atoms with E-state index in [1.54, 1.807) is 0 Å². The van der Waals surface area contributed by atoms with E-state index in [1.807, 2.05) is 39.0 Å². The Kier molecular flexibility index (Phi) is 2.59. The molecule has 1 rings (SSSR count). The van der Waals surface area contributed by atoms with Gasteiger partial charge in [-0.1, -0.05) is 44.5 Å². The van der Waals surface area contributed by atoms with Gasteiger partial charge in [-0.2, -0.15) is 0 Å². The molecule has 0 aromatic carbocycles. The zero-order valence-electron chi connectivity index (χ0n) is 8.34. The molecule has 2 unspecified atom stereocenters. The molecular formula is C10H17ClN2. The SMILES string of the molecule is CC(C)(C)C1(N)C(Cl)=CC=CC1N. The molecule has 0 amide bonds. The molecular weight excluding hydrogens is 184 g/mol. The summed E-state index contributed by atoms with van der Waals surface area (Å²) in [5, 5.41) is 0.634. The Morgan fingerprint density at radius 3 is 2.31 bits per heavy atom. The second-order valence-electron chi connectivity index (χ2n) is 4.54. The fourth-order valence-electron chi connectivity index (χ4n) is 1.57. The van der Waals surface area contributed by atoms with Crippen molar-refractivity contribution >= 4 is 11.6 Å². The first kappa shape index (κ1) is 10.8. The van der Waals surface area contributed by atoms with E-state index in [-0.39, 0.29) is 11.5 Å². The number of hydrogen-bond acceptors (Lipinski definition) is 2. The summed E-state index contributed by atoms with van der Waals surface area (Å²) in [5.41, 5.74) is 11.4. The summed E-state index contributed by atoms with van der Waals surface area (Å²) in [6.07, 6.45) is 5.55. The van der Waals surface area contributed by atoms with Crippen LogP contribution in [0.4, 0.5) is 0 Å². The first-order valence-corrected chi connectivity index (χ1v) is 4.77. The molecule has 13 heavy (non-hydrogen) atoms. The highest BCUT2D eigenvalue weighted by molar-refractivity contribution is 6.31. The maximum Gasteiger partial charge on any atom is 0.0755 e. The fraction of sp³-hybridized carbons (Fsp3) is 0.600. The second-order valence-corrected chi connectivity index (χ2v) is 4.95. The van der Waals surface area contributed by atoms with Crippen LogP contribution >= 0.6 is 11.6 Å². The van der Waals surface area contributed by atoms with E-state index in [9.17, 15) is 0 Å². The Morgan fingerprint density at radius 1 is 1.46 bits per heavy atom. The van der Waals surface area contributed by atoms with E-state index in [4.69, 9.17) is 23.1 Å². The third-order valence-corrected chi connectivity index (χ3v) is 3.16. The number of halogens is 1. The normalized spacial score (nSPS) is 34.6. The molecule has 0 heterocycles. The van der Waals surface area contributed by atoms with Crippen molar-refractivity contribution in [2.45, 2.75) is 32.4 Å². The molecule has 3 heteroatoms. The van der Waals surface area contributed by atoms with Crippen LogP contribution in [0, 0.1) is 5.41 Å². The highest BCUT2D eigenvalue weighted by Gasteiger charge is 2.45. The van der Waals surface area contributed by atoms with E-state index >= 15 is 0 Å². The Bertz CT molecular complexity index is 263. The van der Waals surface area contributed by atoms with Crippen molar-refractivity contribution in [3.8, 4) is 0 Å². The quantitative estimate of drug-likeness (QED) is 0.626. The van der Waals surface area contributed by atoms with Gasteiger partial charge in [0.2, 0.25) is 0 Å². The zero-order valence-corrected chi connectivity index (χ0v) is 9.10. The first-order chi connectivity index (χ1) is 5.80. The van der Waals surface area contributed by atoms with Crippen LogP contribution in [-0.2, 0) is 0 Å². The van der Waals surface area contributed by atoms with Crippen LogP contribution in [0.3, 0.4) is 0 Å². The van der Waals surface area contributed by atoms with Gasteiger partial charge in [0.1, 0.15) is 0 Å². The van der Waals surface area contributed by atoms with Crippen LogP contribution < -0.4 is 11.5 Å². The van der Waals surface area contributed by atoms with Crippen molar-refractivity contribution in [3.05, 3.63) is 23.3 Å². The molecule has 1 aliphatic rings. The number of nitrogens with two attached hydrogens (primary N) is 2. The van der Waals surface area contributed by atoms with Gasteiger partial charge in [-0.05, 0) is 11.5 Å². The summed E-state index contributed by atoms with van der Waals surface area (Å²) < 4.78 is 0. The Labute approximate surface area is 84.6 Å². The standard InChI is InChI=1S/C10H17ClN2/c1-9(2,3)10(13)7(11)5-4-6-8(10)12/h4-6,8H,12-13H2,1-3H3. The molecule has 0 fully saturated rings. The maximum atomic E-state index is 6.25. The fourth-order valence-corrected chi connectivity index (χ4v) is 2.05. The van der Waals surface area contributed by atoms with Crippen molar-refractivity contribution in [1.29, 1.82) is 0 Å². The highest BCUT2D eigenvalue weighted by atomic mass is 35.5. The molecule has 0 aromatic rings. The Morgan fingerprint density at radius 2 is 2.00 bits per heavy atom. The zero-order chi connectivity index (χ0) is 10.3. The number of rotatable bonds is 0. The first-order valence-electron chi connectivity index (χ1n) is 4.39. The van der Waals surface area contributed by atoms with Crippen molar-refractivity contribution in [1.82, 2.24) is 0 Å². The largest absolute Gasteiger partial charge is 0.323 e. The van der Waals surface area contributed by atoms with Crippen LogP contribution in [0.25, 0.3) is 0 Å². The summed E-state index contributed by atoms with van der Waals surface area (Å²) >= 11 is 6.11. The van der Waals surface area contributed by atoms with E-state index in [0.717, 1.165) is 0 Å². The summed E-state index contributed by atoms with van der Waals surface area (Å²) in [6, 6.07) is -0.218. The van der Waals surface area contributed by atoms with Gasteiger partial charge in [-0.3, -0.25) is 0 Å².